The van der Waals surface area contributed by atoms with E-state index in [1.165, 1.54) is 6.07 Å². The minimum atomic E-state index is -2.89. The molecular formula is C14H20F2N2O2. The lowest BCUT2D eigenvalue weighted by atomic mass is 10.0. The highest BCUT2D eigenvalue weighted by Gasteiger charge is 2.14. The van der Waals surface area contributed by atoms with E-state index < -0.39 is 6.61 Å². The monoisotopic (exact) mass is 286 g/mol. The summed E-state index contributed by atoms with van der Waals surface area (Å²) in [6.07, 6.45) is 0.204. The molecule has 1 aromatic rings. The first-order chi connectivity index (χ1) is 9.40. The molecule has 0 bridgehead atoms. The summed E-state index contributed by atoms with van der Waals surface area (Å²) in [5.41, 5.74) is 6.30. The van der Waals surface area contributed by atoms with Crippen LogP contribution in [0.25, 0.3) is 0 Å². The maximum absolute atomic E-state index is 12.2. The molecule has 112 valence electrons. The summed E-state index contributed by atoms with van der Waals surface area (Å²) in [5.74, 6) is 0.0595. The third-order valence-corrected chi connectivity index (χ3v) is 2.94. The van der Waals surface area contributed by atoms with Crippen molar-refractivity contribution >= 4 is 5.91 Å². The molecule has 1 aromatic carbocycles. The Balaban J connectivity index is 2.55. The normalized spacial score (nSPS) is 12.6. The molecule has 0 aliphatic rings. The van der Waals surface area contributed by atoms with Crippen molar-refractivity contribution in [2.45, 2.75) is 39.5 Å². The molecule has 0 aromatic heterocycles. The minimum Gasteiger partial charge on any atom is -0.434 e. The molecule has 1 amide bonds. The van der Waals surface area contributed by atoms with E-state index in [2.05, 4.69) is 10.1 Å². The molecule has 20 heavy (non-hydrogen) atoms. The number of nitrogens with one attached hydrogen (secondary N) is 1. The number of alkyl halides is 2. The van der Waals surface area contributed by atoms with Crippen LogP contribution in [-0.4, -0.2) is 18.6 Å². The van der Waals surface area contributed by atoms with Crippen LogP contribution in [0.1, 0.15) is 25.8 Å². The van der Waals surface area contributed by atoms with E-state index in [0.717, 1.165) is 0 Å². The topological polar surface area (TPSA) is 64.4 Å². The van der Waals surface area contributed by atoms with Crippen molar-refractivity contribution in [2.24, 2.45) is 11.7 Å². The smallest absolute Gasteiger partial charge is 0.387 e. The first kappa shape index (κ1) is 16.4. The number of carbonyl (C=O) groups excluding carboxylic acids is 1. The van der Waals surface area contributed by atoms with Gasteiger partial charge in [-0.1, -0.05) is 32.0 Å². The Morgan fingerprint density at radius 3 is 2.60 bits per heavy atom. The van der Waals surface area contributed by atoms with Crippen LogP contribution in [0.2, 0.25) is 0 Å². The number of rotatable bonds is 7. The number of hydrogen-bond donors (Lipinski definition) is 2. The zero-order chi connectivity index (χ0) is 15.1. The first-order valence-corrected chi connectivity index (χ1v) is 6.45. The van der Waals surface area contributed by atoms with Gasteiger partial charge in [-0.15, -0.1) is 0 Å². The third-order valence-electron chi connectivity index (χ3n) is 2.94. The van der Waals surface area contributed by atoms with E-state index in [1.54, 1.807) is 18.2 Å². The predicted molar refractivity (Wildman–Crippen MR) is 72.4 cm³/mol. The van der Waals surface area contributed by atoms with Crippen molar-refractivity contribution in [1.29, 1.82) is 0 Å². The van der Waals surface area contributed by atoms with E-state index in [-0.39, 0.29) is 36.6 Å². The second kappa shape index (κ2) is 7.79. The Kier molecular flexibility index (Phi) is 6.38. The van der Waals surface area contributed by atoms with Gasteiger partial charge in [0, 0.05) is 24.6 Å². The Morgan fingerprint density at radius 1 is 1.35 bits per heavy atom. The second-order valence-corrected chi connectivity index (χ2v) is 4.87. The summed E-state index contributed by atoms with van der Waals surface area (Å²) in [6.45, 7) is 1.11. The summed E-state index contributed by atoms with van der Waals surface area (Å²) in [7, 11) is 0. The molecule has 0 radical (unpaired) electrons. The van der Waals surface area contributed by atoms with Gasteiger partial charge in [-0.3, -0.25) is 4.79 Å². The van der Waals surface area contributed by atoms with Gasteiger partial charge in [-0.25, -0.2) is 0 Å². The molecule has 0 fully saturated rings. The Labute approximate surface area is 117 Å². The highest BCUT2D eigenvalue weighted by molar-refractivity contribution is 5.76. The fourth-order valence-electron chi connectivity index (χ4n) is 1.58. The van der Waals surface area contributed by atoms with Crippen LogP contribution in [0.15, 0.2) is 24.3 Å². The van der Waals surface area contributed by atoms with Crippen molar-refractivity contribution < 1.29 is 18.3 Å². The minimum absolute atomic E-state index is 0.0657. The molecule has 3 N–H and O–H groups in total. The Bertz CT molecular complexity index is 439. The van der Waals surface area contributed by atoms with Crippen molar-refractivity contribution in [2.75, 3.05) is 0 Å². The molecule has 0 aliphatic heterocycles. The highest BCUT2D eigenvalue weighted by Crippen LogP contribution is 2.20. The van der Waals surface area contributed by atoms with Gasteiger partial charge in [0.25, 0.3) is 0 Å². The summed E-state index contributed by atoms with van der Waals surface area (Å²) >= 11 is 0. The van der Waals surface area contributed by atoms with Crippen LogP contribution in [0, 0.1) is 5.92 Å². The van der Waals surface area contributed by atoms with Crippen LogP contribution in [-0.2, 0) is 11.3 Å². The zero-order valence-corrected chi connectivity index (χ0v) is 11.6. The van der Waals surface area contributed by atoms with Crippen LogP contribution in [0.3, 0.4) is 0 Å². The zero-order valence-electron chi connectivity index (χ0n) is 11.6. The van der Waals surface area contributed by atoms with Gasteiger partial charge in [0.1, 0.15) is 5.75 Å². The molecule has 0 saturated heterocycles. The number of amides is 1. The molecule has 4 nitrogen and oxygen atoms in total. The van der Waals surface area contributed by atoms with Crippen molar-refractivity contribution in [3.63, 3.8) is 0 Å². The number of halogens is 2. The number of carbonyl (C=O) groups is 1. The molecular weight excluding hydrogens is 266 g/mol. The average molecular weight is 286 g/mol. The van der Waals surface area contributed by atoms with E-state index in [9.17, 15) is 13.6 Å². The van der Waals surface area contributed by atoms with Crippen molar-refractivity contribution in [1.82, 2.24) is 5.32 Å². The molecule has 1 rings (SSSR count). The number of para-hydroxylation sites is 1. The van der Waals surface area contributed by atoms with Gasteiger partial charge in [0.2, 0.25) is 5.91 Å². The quantitative estimate of drug-likeness (QED) is 0.808. The van der Waals surface area contributed by atoms with E-state index in [1.807, 2.05) is 13.8 Å². The van der Waals surface area contributed by atoms with E-state index in [0.29, 0.717) is 5.56 Å². The van der Waals surface area contributed by atoms with Crippen LogP contribution >= 0.6 is 0 Å². The SMILES string of the molecule is CC(C)C(N)CC(=O)NCc1ccccc1OC(F)F. The highest BCUT2D eigenvalue weighted by atomic mass is 19.3. The lowest BCUT2D eigenvalue weighted by Crippen LogP contribution is -2.34. The summed E-state index contributed by atoms with van der Waals surface area (Å²) < 4.78 is 28.9. The van der Waals surface area contributed by atoms with Gasteiger partial charge in [0.05, 0.1) is 0 Å². The molecule has 0 spiro atoms. The summed E-state index contributed by atoms with van der Waals surface area (Å²) in [5, 5.41) is 2.65. The summed E-state index contributed by atoms with van der Waals surface area (Å²) in [4.78, 5) is 11.7. The lowest BCUT2D eigenvalue weighted by Gasteiger charge is -2.16. The number of nitrogens with two attached hydrogens (primary N) is 1. The molecule has 1 unspecified atom stereocenters. The standard InChI is InChI=1S/C14H20F2N2O2/c1-9(2)11(17)7-13(19)18-8-10-5-3-4-6-12(10)20-14(15)16/h3-6,9,11,14H,7-8,17H2,1-2H3,(H,18,19). The Morgan fingerprint density at radius 2 is 2.00 bits per heavy atom. The summed E-state index contributed by atoms with van der Waals surface area (Å²) in [6, 6.07) is 6.13. The third kappa shape index (κ3) is 5.52. The predicted octanol–water partition coefficient (Wildman–Crippen LogP) is 2.28. The fourth-order valence-corrected chi connectivity index (χ4v) is 1.58. The van der Waals surface area contributed by atoms with Crippen LogP contribution in [0.4, 0.5) is 8.78 Å². The van der Waals surface area contributed by atoms with Crippen LogP contribution in [0.5, 0.6) is 5.75 Å². The van der Waals surface area contributed by atoms with E-state index >= 15 is 0 Å². The Hall–Kier alpha value is -1.69. The largest absolute Gasteiger partial charge is 0.434 e. The van der Waals surface area contributed by atoms with Crippen molar-refractivity contribution in [3.8, 4) is 5.75 Å². The van der Waals surface area contributed by atoms with Gasteiger partial charge in [-0.2, -0.15) is 8.78 Å². The molecule has 1 atom stereocenters. The first-order valence-electron chi connectivity index (χ1n) is 6.45. The van der Waals surface area contributed by atoms with Gasteiger partial charge in [-0.05, 0) is 12.0 Å². The second-order valence-electron chi connectivity index (χ2n) is 4.87. The number of ether oxygens (including phenoxy) is 1. The maximum atomic E-state index is 12.2. The van der Waals surface area contributed by atoms with Gasteiger partial charge >= 0.3 is 6.61 Å². The molecule has 0 heterocycles. The average Bonchev–Trinajstić information content (AvgIpc) is 2.36. The number of benzene rings is 1. The molecule has 0 saturated carbocycles. The maximum Gasteiger partial charge on any atom is 0.387 e. The van der Waals surface area contributed by atoms with Crippen molar-refractivity contribution in [3.05, 3.63) is 29.8 Å². The molecule has 6 heteroatoms. The van der Waals surface area contributed by atoms with Gasteiger partial charge < -0.3 is 15.8 Å². The fraction of sp³-hybridized carbons (Fsp3) is 0.500. The number of hydrogen-bond acceptors (Lipinski definition) is 3. The van der Waals surface area contributed by atoms with Crippen LogP contribution < -0.4 is 15.8 Å². The van der Waals surface area contributed by atoms with E-state index in [4.69, 9.17) is 5.73 Å². The van der Waals surface area contributed by atoms with Gasteiger partial charge in [0.15, 0.2) is 0 Å². The lowest BCUT2D eigenvalue weighted by molar-refractivity contribution is -0.121. The molecule has 0 aliphatic carbocycles.